The molecule has 1 heterocycles. The summed E-state index contributed by atoms with van der Waals surface area (Å²) in [5, 5.41) is 17.9. The molecule has 1 aromatic heterocycles. The number of aryl methyl sites for hydroxylation is 1. The van der Waals surface area contributed by atoms with Crippen LogP contribution in [0, 0.1) is 5.82 Å². The number of carbonyl (C=O) groups is 2. The SMILES string of the molecule is Cn1ccc(CNC(=O)Nc2ccc(F)c(C(=O)O)c2)n1. The van der Waals surface area contributed by atoms with Crippen LogP contribution < -0.4 is 10.6 Å². The molecule has 2 aromatic rings. The van der Waals surface area contributed by atoms with Gasteiger partial charge in [-0.3, -0.25) is 4.68 Å². The summed E-state index contributed by atoms with van der Waals surface area (Å²) in [5.41, 5.74) is 0.364. The number of halogens is 1. The largest absolute Gasteiger partial charge is 0.478 e. The molecule has 0 unspecified atom stereocenters. The summed E-state index contributed by atoms with van der Waals surface area (Å²) in [6.45, 7) is 0.222. The van der Waals surface area contributed by atoms with Crippen molar-refractivity contribution in [3.8, 4) is 0 Å². The summed E-state index contributed by atoms with van der Waals surface area (Å²) in [5.74, 6) is -2.26. The lowest BCUT2D eigenvalue weighted by molar-refractivity contribution is 0.0692. The van der Waals surface area contributed by atoms with Crippen molar-refractivity contribution in [2.75, 3.05) is 5.32 Å². The Morgan fingerprint density at radius 1 is 1.38 bits per heavy atom. The number of hydrogen-bond acceptors (Lipinski definition) is 3. The number of rotatable bonds is 4. The Kier molecular flexibility index (Phi) is 4.17. The van der Waals surface area contributed by atoms with Crippen LogP contribution in [0.4, 0.5) is 14.9 Å². The molecule has 7 nitrogen and oxygen atoms in total. The second-order valence-corrected chi connectivity index (χ2v) is 4.29. The second kappa shape index (κ2) is 6.04. The molecule has 0 saturated heterocycles. The van der Waals surface area contributed by atoms with Crippen molar-refractivity contribution in [1.82, 2.24) is 15.1 Å². The first kappa shape index (κ1) is 14.5. The van der Waals surface area contributed by atoms with Crippen molar-refractivity contribution in [3.63, 3.8) is 0 Å². The highest BCUT2D eigenvalue weighted by Gasteiger charge is 2.12. The number of hydrogen-bond donors (Lipinski definition) is 3. The van der Waals surface area contributed by atoms with Crippen LogP contribution in [0.25, 0.3) is 0 Å². The number of amides is 2. The summed E-state index contributed by atoms with van der Waals surface area (Å²) in [6.07, 6.45) is 1.74. The minimum atomic E-state index is -1.40. The molecule has 2 rings (SSSR count). The standard InChI is InChI=1S/C13H13FN4O3/c1-18-5-4-9(17-18)7-15-13(21)16-8-2-3-11(14)10(6-8)12(19)20/h2-6H,7H2,1H3,(H,19,20)(H2,15,16,21). The first-order valence-electron chi connectivity index (χ1n) is 6.02. The predicted molar refractivity (Wildman–Crippen MR) is 72.4 cm³/mol. The fourth-order valence-corrected chi connectivity index (χ4v) is 1.67. The van der Waals surface area contributed by atoms with E-state index in [9.17, 15) is 14.0 Å². The molecule has 0 saturated carbocycles. The van der Waals surface area contributed by atoms with Crippen LogP contribution in [0.1, 0.15) is 16.1 Å². The molecule has 0 aliphatic carbocycles. The van der Waals surface area contributed by atoms with Gasteiger partial charge < -0.3 is 15.7 Å². The van der Waals surface area contributed by atoms with Gasteiger partial charge in [0.25, 0.3) is 0 Å². The van der Waals surface area contributed by atoms with Crippen LogP contribution in [-0.4, -0.2) is 26.9 Å². The van der Waals surface area contributed by atoms with Crippen LogP contribution in [0.15, 0.2) is 30.5 Å². The first-order chi connectivity index (χ1) is 9.95. The minimum absolute atomic E-state index is 0.187. The Balaban J connectivity index is 1.96. The van der Waals surface area contributed by atoms with Crippen molar-refractivity contribution < 1.29 is 19.1 Å². The summed E-state index contributed by atoms with van der Waals surface area (Å²) in [4.78, 5) is 22.5. The number of anilines is 1. The Morgan fingerprint density at radius 3 is 2.76 bits per heavy atom. The molecule has 0 atom stereocenters. The van der Waals surface area contributed by atoms with E-state index in [-0.39, 0.29) is 12.2 Å². The van der Waals surface area contributed by atoms with E-state index >= 15 is 0 Å². The normalized spacial score (nSPS) is 10.2. The quantitative estimate of drug-likeness (QED) is 0.797. The minimum Gasteiger partial charge on any atom is -0.478 e. The van der Waals surface area contributed by atoms with E-state index in [1.54, 1.807) is 24.0 Å². The Morgan fingerprint density at radius 2 is 2.14 bits per heavy atom. The van der Waals surface area contributed by atoms with E-state index in [4.69, 9.17) is 5.11 Å². The van der Waals surface area contributed by atoms with Gasteiger partial charge in [-0.15, -0.1) is 0 Å². The third kappa shape index (κ3) is 3.78. The molecule has 0 fully saturated rings. The van der Waals surface area contributed by atoms with Gasteiger partial charge in [0, 0.05) is 18.9 Å². The molecule has 0 bridgehead atoms. The highest BCUT2D eigenvalue weighted by Crippen LogP contribution is 2.14. The van der Waals surface area contributed by atoms with Crippen LogP contribution >= 0.6 is 0 Å². The number of carboxylic acids is 1. The molecular weight excluding hydrogens is 279 g/mol. The van der Waals surface area contributed by atoms with Gasteiger partial charge in [0.2, 0.25) is 0 Å². The summed E-state index contributed by atoms with van der Waals surface area (Å²) in [7, 11) is 1.76. The molecule has 110 valence electrons. The van der Waals surface area contributed by atoms with E-state index in [0.717, 1.165) is 12.1 Å². The van der Waals surface area contributed by atoms with Gasteiger partial charge in [-0.25, -0.2) is 14.0 Å². The zero-order valence-corrected chi connectivity index (χ0v) is 11.1. The molecule has 0 radical (unpaired) electrons. The van der Waals surface area contributed by atoms with Crippen LogP contribution in [0.5, 0.6) is 0 Å². The van der Waals surface area contributed by atoms with Crippen molar-refractivity contribution in [1.29, 1.82) is 0 Å². The lowest BCUT2D eigenvalue weighted by atomic mass is 10.2. The monoisotopic (exact) mass is 292 g/mol. The van der Waals surface area contributed by atoms with Crippen molar-refractivity contribution in [3.05, 3.63) is 47.5 Å². The summed E-state index contributed by atoms with van der Waals surface area (Å²) in [6, 6.07) is 4.53. The molecular formula is C13H13FN4O3. The maximum atomic E-state index is 13.2. The second-order valence-electron chi connectivity index (χ2n) is 4.29. The molecule has 2 amide bonds. The van der Waals surface area contributed by atoms with Crippen LogP contribution in [-0.2, 0) is 13.6 Å². The maximum Gasteiger partial charge on any atom is 0.338 e. The van der Waals surface area contributed by atoms with Gasteiger partial charge in [0.1, 0.15) is 5.82 Å². The highest BCUT2D eigenvalue weighted by molar-refractivity contribution is 5.93. The Bertz CT molecular complexity index is 684. The lowest BCUT2D eigenvalue weighted by Gasteiger charge is -2.07. The predicted octanol–water partition coefficient (Wildman–Crippen LogP) is 1.58. The van der Waals surface area contributed by atoms with E-state index in [1.807, 2.05) is 0 Å². The maximum absolute atomic E-state index is 13.2. The Hall–Kier alpha value is -2.90. The number of urea groups is 1. The zero-order chi connectivity index (χ0) is 15.4. The van der Waals surface area contributed by atoms with Gasteiger partial charge in [-0.2, -0.15) is 5.10 Å². The average Bonchev–Trinajstić information content (AvgIpc) is 2.84. The molecule has 21 heavy (non-hydrogen) atoms. The average molecular weight is 292 g/mol. The number of nitrogens with zero attached hydrogens (tertiary/aromatic N) is 2. The van der Waals surface area contributed by atoms with E-state index in [1.165, 1.54) is 6.07 Å². The lowest BCUT2D eigenvalue weighted by Crippen LogP contribution is -2.28. The number of carbonyl (C=O) groups excluding carboxylic acids is 1. The van der Waals surface area contributed by atoms with Gasteiger partial charge in [0.15, 0.2) is 0 Å². The smallest absolute Gasteiger partial charge is 0.338 e. The topological polar surface area (TPSA) is 96.2 Å². The Labute approximate surface area is 119 Å². The molecule has 1 aromatic carbocycles. The number of carboxylic acid groups (broad SMARTS) is 1. The highest BCUT2D eigenvalue weighted by atomic mass is 19.1. The molecule has 8 heteroatoms. The number of benzene rings is 1. The molecule has 0 aliphatic rings. The fraction of sp³-hybridized carbons (Fsp3) is 0.154. The first-order valence-corrected chi connectivity index (χ1v) is 6.02. The molecule has 0 spiro atoms. The van der Waals surface area contributed by atoms with Crippen molar-refractivity contribution in [2.45, 2.75) is 6.54 Å². The van der Waals surface area contributed by atoms with Gasteiger partial charge in [-0.1, -0.05) is 0 Å². The van der Waals surface area contributed by atoms with E-state index in [2.05, 4.69) is 15.7 Å². The third-order valence-electron chi connectivity index (χ3n) is 2.65. The molecule has 0 aliphatic heterocycles. The number of nitrogens with one attached hydrogen (secondary N) is 2. The fourth-order valence-electron chi connectivity index (χ4n) is 1.67. The zero-order valence-electron chi connectivity index (χ0n) is 11.1. The summed E-state index contributed by atoms with van der Waals surface area (Å²) < 4.78 is 14.8. The summed E-state index contributed by atoms with van der Waals surface area (Å²) >= 11 is 0. The molecule has 3 N–H and O–H groups in total. The number of aromatic nitrogens is 2. The van der Waals surface area contributed by atoms with Crippen molar-refractivity contribution in [2.24, 2.45) is 7.05 Å². The van der Waals surface area contributed by atoms with Gasteiger partial charge >= 0.3 is 12.0 Å². The van der Waals surface area contributed by atoms with Crippen LogP contribution in [0.3, 0.4) is 0 Å². The van der Waals surface area contributed by atoms with Crippen molar-refractivity contribution >= 4 is 17.7 Å². The van der Waals surface area contributed by atoms with Gasteiger partial charge in [-0.05, 0) is 24.3 Å². The number of aromatic carboxylic acids is 1. The third-order valence-corrected chi connectivity index (χ3v) is 2.65. The van der Waals surface area contributed by atoms with E-state index in [0.29, 0.717) is 5.69 Å². The van der Waals surface area contributed by atoms with Gasteiger partial charge in [0.05, 0.1) is 17.8 Å². The van der Waals surface area contributed by atoms with E-state index < -0.39 is 23.4 Å². The van der Waals surface area contributed by atoms with Crippen LogP contribution in [0.2, 0.25) is 0 Å².